The van der Waals surface area contributed by atoms with Crippen LogP contribution >= 0.6 is 12.4 Å². The maximum Gasteiger partial charge on any atom is 0.227 e. The molecule has 0 aromatic heterocycles. The van der Waals surface area contributed by atoms with Gasteiger partial charge in [-0.2, -0.15) is 0 Å². The Morgan fingerprint density at radius 1 is 0.929 bits per heavy atom. The molecule has 0 radical (unpaired) electrons. The van der Waals surface area contributed by atoms with Crippen molar-refractivity contribution in [3.8, 4) is 0 Å². The average molecular weight is 402 g/mol. The van der Waals surface area contributed by atoms with Crippen LogP contribution in [0.5, 0.6) is 0 Å². The Bertz CT molecular complexity index is 776. The predicted octanol–water partition coefficient (Wildman–Crippen LogP) is 4.66. The molecule has 1 unspecified atom stereocenters. The number of rotatable bonds is 6. The second kappa shape index (κ2) is 10.8. The number of hydrogen-bond acceptors (Lipinski definition) is 3. The van der Waals surface area contributed by atoms with E-state index in [0.29, 0.717) is 11.4 Å². The fourth-order valence-corrected chi connectivity index (χ4v) is 3.51. The molecule has 0 bridgehead atoms. The standard InChI is InChI=1S/C22H27N3O2.ClH/c23-20(16-8-3-1-4-9-16)15-21(26)24-18-12-7-13-19(14-18)25-22(27)17-10-5-2-6-11-17;/h1,3-4,7-9,12-14,17,20H,2,5-6,10-11,15,23H2,(H,24,26)(H,25,27);1H. The number of amides is 2. The molecule has 2 aromatic rings. The van der Waals surface area contributed by atoms with Crippen LogP contribution in [0.2, 0.25) is 0 Å². The van der Waals surface area contributed by atoms with Crippen LogP contribution in [0.25, 0.3) is 0 Å². The zero-order valence-electron chi connectivity index (χ0n) is 15.9. The summed E-state index contributed by atoms with van der Waals surface area (Å²) < 4.78 is 0. The van der Waals surface area contributed by atoms with Crippen LogP contribution in [0.4, 0.5) is 11.4 Å². The molecule has 0 spiro atoms. The van der Waals surface area contributed by atoms with Gasteiger partial charge in [-0.3, -0.25) is 9.59 Å². The van der Waals surface area contributed by atoms with Crippen LogP contribution in [0.15, 0.2) is 54.6 Å². The third kappa shape index (κ3) is 6.36. The third-order valence-electron chi connectivity index (χ3n) is 5.02. The van der Waals surface area contributed by atoms with E-state index < -0.39 is 0 Å². The fourth-order valence-electron chi connectivity index (χ4n) is 3.51. The number of anilines is 2. The minimum absolute atomic E-state index is 0. The van der Waals surface area contributed by atoms with Crippen LogP contribution < -0.4 is 16.4 Å². The van der Waals surface area contributed by atoms with E-state index in [1.165, 1.54) is 6.42 Å². The molecule has 5 nitrogen and oxygen atoms in total. The van der Waals surface area contributed by atoms with Gasteiger partial charge in [-0.25, -0.2) is 0 Å². The zero-order chi connectivity index (χ0) is 19.1. The van der Waals surface area contributed by atoms with Gasteiger partial charge in [0.25, 0.3) is 0 Å². The molecule has 6 heteroatoms. The van der Waals surface area contributed by atoms with Crippen molar-refractivity contribution in [2.24, 2.45) is 11.7 Å². The van der Waals surface area contributed by atoms with E-state index in [0.717, 1.165) is 31.2 Å². The first kappa shape index (κ1) is 21.9. The first-order valence-corrected chi connectivity index (χ1v) is 9.63. The molecule has 0 heterocycles. The number of hydrogen-bond donors (Lipinski definition) is 3. The van der Waals surface area contributed by atoms with Gasteiger partial charge in [0.1, 0.15) is 0 Å². The summed E-state index contributed by atoms with van der Waals surface area (Å²) in [6.45, 7) is 0. The number of carbonyl (C=O) groups is 2. The lowest BCUT2D eigenvalue weighted by molar-refractivity contribution is -0.120. The van der Waals surface area contributed by atoms with Gasteiger partial charge in [0.15, 0.2) is 0 Å². The van der Waals surface area contributed by atoms with Crippen LogP contribution in [0, 0.1) is 5.92 Å². The van der Waals surface area contributed by atoms with E-state index in [9.17, 15) is 9.59 Å². The van der Waals surface area contributed by atoms with Gasteiger partial charge in [-0.05, 0) is 36.6 Å². The quantitative estimate of drug-likeness (QED) is 0.658. The van der Waals surface area contributed by atoms with Crippen LogP contribution in [-0.2, 0) is 9.59 Å². The summed E-state index contributed by atoms with van der Waals surface area (Å²) in [6.07, 6.45) is 5.57. The van der Waals surface area contributed by atoms with Crippen LogP contribution in [0.3, 0.4) is 0 Å². The molecule has 0 saturated heterocycles. The molecule has 1 aliphatic carbocycles. The third-order valence-corrected chi connectivity index (χ3v) is 5.02. The Morgan fingerprint density at radius 2 is 1.57 bits per heavy atom. The fraction of sp³-hybridized carbons (Fsp3) is 0.364. The molecule has 3 rings (SSSR count). The van der Waals surface area contributed by atoms with Crippen molar-refractivity contribution in [3.05, 3.63) is 60.2 Å². The first-order valence-electron chi connectivity index (χ1n) is 9.63. The molecule has 2 aromatic carbocycles. The molecule has 1 atom stereocenters. The molecule has 150 valence electrons. The Labute approximate surface area is 172 Å². The normalized spacial score (nSPS) is 15.2. The lowest BCUT2D eigenvalue weighted by Gasteiger charge is -2.21. The lowest BCUT2D eigenvalue weighted by atomic mass is 9.88. The van der Waals surface area contributed by atoms with Crippen molar-refractivity contribution in [1.82, 2.24) is 0 Å². The van der Waals surface area contributed by atoms with Gasteiger partial charge in [0.2, 0.25) is 11.8 Å². The van der Waals surface area contributed by atoms with Gasteiger partial charge in [0.05, 0.1) is 0 Å². The van der Waals surface area contributed by atoms with Gasteiger partial charge in [-0.15, -0.1) is 12.4 Å². The number of nitrogens with one attached hydrogen (secondary N) is 2. The van der Waals surface area contributed by atoms with Crippen molar-refractivity contribution in [2.45, 2.75) is 44.6 Å². The van der Waals surface area contributed by atoms with Gasteiger partial charge in [-0.1, -0.05) is 55.7 Å². The van der Waals surface area contributed by atoms with E-state index in [1.54, 1.807) is 6.07 Å². The SMILES string of the molecule is Cl.NC(CC(=O)Nc1cccc(NC(=O)C2CCCCC2)c1)c1ccccc1. The molecular weight excluding hydrogens is 374 g/mol. The summed E-state index contributed by atoms with van der Waals surface area (Å²) in [5, 5.41) is 5.84. The highest BCUT2D eigenvalue weighted by Gasteiger charge is 2.21. The predicted molar refractivity (Wildman–Crippen MR) is 116 cm³/mol. The van der Waals surface area contributed by atoms with E-state index in [1.807, 2.05) is 48.5 Å². The summed E-state index contributed by atoms with van der Waals surface area (Å²) >= 11 is 0. The molecule has 0 aliphatic heterocycles. The van der Waals surface area contributed by atoms with Crippen molar-refractivity contribution < 1.29 is 9.59 Å². The highest BCUT2D eigenvalue weighted by Crippen LogP contribution is 2.25. The highest BCUT2D eigenvalue weighted by atomic mass is 35.5. The summed E-state index contributed by atoms with van der Waals surface area (Å²) in [6, 6.07) is 16.5. The number of carbonyl (C=O) groups excluding carboxylic acids is 2. The molecule has 1 fully saturated rings. The molecular formula is C22H28ClN3O2. The van der Waals surface area contributed by atoms with Crippen molar-refractivity contribution in [3.63, 3.8) is 0 Å². The average Bonchev–Trinajstić information content (AvgIpc) is 2.69. The zero-order valence-corrected chi connectivity index (χ0v) is 16.7. The van der Waals surface area contributed by atoms with Gasteiger partial charge >= 0.3 is 0 Å². The number of benzene rings is 2. The van der Waals surface area contributed by atoms with Crippen LogP contribution in [-0.4, -0.2) is 11.8 Å². The second-order valence-electron chi connectivity index (χ2n) is 7.17. The summed E-state index contributed by atoms with van der Waals surface area (Å²) in [5.41, 5.74) is 8.40. The van der Waals surface area contributed by atoms with Crippen molar-refractivity contribution in [1.29, 1.82) is 0 Å². The van der Waals surface area contributed by atoms with Crippen LogP contribution in [0.1, 0.15) is 50.1 Å². The molecule has 2 amide bonds. The topological polar surface area (TPSA) is 84.2 Å². The monoisotopic (exact) mass is 401 g/mol. The summed E-state index contributed by atoms with van der Waals surface area (Å²) in [4.78, 5) is 24.7. The Hall–Kier alpha value is -2.37. The maximum absolute atomic E-state index is 12.4. The molecule has 1 aliphatic rings. The first-order chi connectivity index (χ1) is 13.1. The Balaban J connectivity index is 0.00000280. The molecule has 4 N–H and O–H groups in total. The van der Waals surface area contributed by atoms with E-state index >= 15 is 0 Å². The highest BCUT2D eigenvalue weighted by molar-refractivity contribution is 5.95. The van der Waals surface area contributed by atoms with Crippen molar-refractivity contribution >= 4 is 35.6 Å². The van der Waals surface area contributed by atoms with E-state index in [4.69, 9.17) is 5.73 Å². The minimum Gasteiger partial charge on any atom is -0.326 e. The number of halogens is 1. The Morgan fingerprint density at radius 3 is 2.25 bits per heavy atom. The van der Waals surface area contributed by atoms with Gasteiger partial charge < -0.3 is 16.4 Å². The second-order valence-corrected chi connectivity index (χ2v) is 7.17. The minimum atomic E-state index is -0.347. The smallest absolute Gasteiger partial charge is 0.227 e. The largest absolute Gasteiger partial charge is 0.326 e. The van der Waals surface area contributed by atoms with E-state index in [2.05, 4.69) is 10.6 Å². The number of nitrogens with two attached hydrogens (primary N) is 1. The summed E-state index contributed by atoms with van der Waals surface area (Å²) in [5.74, 6) is 0.0206. The maximum atomic E-state index is 12.4. The lowest BCUT2D eigenvalue weighted by Crippen LogP contribution is -2.24. The van der Waals surface area contributed by atoms with Gasteiger partial charge in [0, 0.05) is 29.8 Å². The Kier molecular flexibility index (Phi) is 8.48. The molecule has 1 saturated carbocycles. The van der Waals surface area contributed by atoms with Crippen molar-refractivity contribution in [2.75, 3.05) is 10.6 Å². The summed E-state index contributed by atoms with van der Waals surface area (Å²) in [7, 11) is 0. The van der Waals surface area contributed by atoms with E-state index in [-0.39, 0.29) is 42.6 Å². The molecule has 28 heavy (non-hydrogen) atoms.